The molecule has 2 amide bonds. The number of aliphatic carboxylic acids is 1. The second-order valence-electron chi connectivity index (χ2n) is 4.72. The Labute approximate surface area is 120 Å². The van der Waals surface area contributed by atoms with E-state index in [1.54, 1.807) is 11.6 Å². The summed E-state index contributed by atoms with van der Waals surface area (Å²) in [4.78, 5) is 34.8. The van der Waals surface area contributed by atoms with Crippen LogP contribution in [0.5, 0.6) is 0 Å². The molecule has 2 fully saturated rings. The Morgan fingerprint density at radius 3 is 2.85 bits per heavy atom. The molecule has 6 nitrogen and oxygen atoms in total. The molecule has 0 aromatic carbocycles. The van der Waals surface area contributed by atoms with Gasteiger partial charge in [-0.05, 0) is 17.4 Å². The first kappa shape index (κ1) is 14.6. The van der Waals surface area contributed by atoms with E-state index in [4.69, 9.17) is 0 Å². The molecular formula is C13H16N2O4S. The first-order valence-electron chi connectivity index (χ1n) is 6.27. The third-order valence-corrected chi connectivity index (χ3v) is 4.01. The lowest BCUT2D eigenvalue weighted by molar-refractivity contribution is -0.155. The molecule has 0 saturated carbocycles. The monoisotopic (exact) mass is 296 g/mol. The fourth-order valence-corrected chi connectivity index (χ4v) is 3.05. The maximum absolute atomic E-state index is 11.4. The van der Waals surface area contributed by atoms with E-state index in [-0.39, 0.29) is 17.9 Å². The van der Waals surface area contributed by atoms with Crippen molar-refractivity contribution in [1.29, 1.82) is 0 Å². The molecule has 2 atom stereocenters. The minimum atomic E-state index is -0.967. The zero-order chi connectivity index (χ0) is 14.7. The molecule has 0 bridgehead atoms. The van der Waals surface area contributed by atoms with Gasteiger partial charge >= 0.3 is 5.97 Å². The number of rotatable bonds is 5. The number of hydrogen-bond acceptors (Lipinski definition) is 4. The van der Waals surface area contributed by atoms with Crippen LogP contribution in [0.4, 0.5) is 0 Å². The average Bonchev–Trinajstić information content (AvgIpc) is 2.66. The predicted molar refractivity (Wildman–Crippen MR) is 74.8 cm³/mol. The number of hydrogen-bond donors (Lipinski definition) is 2. The van der Waals surface area contributed by atoms with Crippen LogP contribution in [0.3, 0.4) is 0 Å². The lowest BCUT2D eigenvalue weighted by Crippen LogP contribution is -2.54. The summed E-state index contributed by atoms with van der Waals surface area (Å²) in [5.74, 6) is -0.566. The van der Waals surface area contributed by atoms with Crippen LogP contribution in [0.15, 0.2) is 23.3 Å². The molecule has 2 saturated heterocycles. The van der Waals surface area contributed by atoms with Gasteiger partial charge in [0.25, 0.3) is 0 Å². The summed E-state index contributed by atoms with van der Waals surface area (Å²) in [7, 11) is 0. The van der Waals surface area contributed by atoms with Crippen LogP contribution in [0, 0.1) is 0 Å². The minimum Gasteiger partial charge on any atom is -0.479 e. The number of β-lactam (4-membered cyclic amide) rings is 1. The van der Waals surface area contributed by atoms with Crippen molar-refractivity contribution >= 4 is 29.5 Å². The summed E-state index contributed by atoms with van der Waals surface area (Å²) in [6.07, 6.45) is 4.52. The van der Waals surface area contributed by atoms with Gasteiger partial charge in [0.05, 0.1) is 0 Å². The summed E-state index contributed by atoms with van der Waals surface area (Å²) in [6, 6.07) is -0.726. The number of fused-ring (bicyclic) bond motifs is 1. The molecule has 0 aromatic heterocycles. The van der Waals surface area contributed by atoms with Gasteiger partial charge in [0.15, 0.2) is 6.04 Å². The number of nitrogens with zero attached hydrogens (tertiary/aromatic N) is 1. The van der Waals surface area contributed by atoms with Crippen molar-refractivity contribution in [3.05, 3.63) is 23.3 Å². The Bertz CT molecular complexity index is 501. The van der Waals surface area contributed by atoms with Crippen molar-refractivity contribution in [2.24, 2.45) is 0 Å². The maximum Gasteiger partial charge on any atom is 0.330 e. The van der Waals surface area contributed by atoms with Crippen LogP contribution < -0.4 is 5.32 Å². The lowest BCUT2D eigenvalue weighted by Gasteiger charge is -2.36. The molecule has 0 spiro atoms. The van der Waals surface area contributed by atoms with Crippen LogP contribution >= 0.6 is 11.8 Å². The minimum absolute atomic E-state index is 0.0646. The van der Waals surface area contributed by atoms with E-state index < -0.39 is 12.0 Å². The standard InChI is InChI=1S/C13H16N2O4S/c1-8(16)14-3-5-20-4-2-9-6-10-7-11(17)15(10)12(9)13(18)19/h2-3,5,10,12H,4,6-7H2,1H3,(H,14,16)(H,18,19)/b5-3-,9-2?/t10-,12?/m1/s1. The average molecular weight is 296 g/mol. The van der Waals surface area contributed by atoms with E-state index in [0.29, 0.717) is 18.6 Å². The van der Waals surface area contributed by atoms with Gasteiger partial charge in [-0.1, -0.05) is 6.08 Å². The highest BCUT2D eigenvalue weighted by Gasteiger charge is 2.51. The van der Waals surface area contributed by atoms with E-state index >= 15 is 0 Å². The van der Waals surface area contributed by atoms with Gasteiger partial charge in [-0.3, -0.25) is 9.59 Å². The number of carbonyl (C=O) groups excluding carboxylic acids is 2. The molecule has 2 aliphatic rings. The molecule has 20 heavy (non-hydrogen) atoms. The van der Waals surface area contributed by atoms with Gasteiger partial charge < -0.3 is 15.3 Å². The Hall–Kier alpha value is -1.76. The maximum atomic E-state index is 11.4. The molecule has 2 aliphatic heterocycles. The summed E-state index contributed by atoms with van der Waals surface area (Å²) in [5, 5.41) is 13.5. The van der Waals surface area contributed by atoms with Crippen LogP contribution in [0.2, 0.25) is 0 Å². The molecule has 108 valence electrons. The fourth-order valence-electron chi connectivity index (χ4n) is 2.47. The van der Waals surface area contributed by atoms with E-state index in [2.05, 4.69) is 5.32 Å². The quantitative estimate of drug-likeness (QED) is 0.443. The topological polar surface area (TPSA) is 86.7 Å². The third kappa shape index (κ3) is 3.04. The van der Waals surface area contributed by atoms with Crippen LogP contribution in [0.1, 0.15) is 19.8 Å². The molecule has 1 unspecified atom stereocenters. The predicted octanol–water partition coefficient (Wildman–Crippen LogP) is 0.711. The molecule has 2 N–H and O–H groups in total. The molecular weight excluding hydrogens is 280 g/mol. The summed E-state index contributed by atoms with van der Waals surface area (Å²) < 4.78 is 0. The Morgan fingerprint density at radius 1 is 1.50 bits per heavy atom. The van der Waals surface area contributed by atoms with E-state index in [0.717, 1.165) is 5.57 Å². The van der Waals surface area contributed by atoms with Gasteiger partial charge in [-0.15, -0.1) is 11.8 Å². The number of thioether (sulfide) groups is 1. The fraction of sp³-hybridized carbons (Fsp3) is 0.462. The van der Waals surface area contributed by atoms with Gasteiger partial charge in [-0.25, -0.2) is 4.79 Å². The van der Waals surface area contributed by atoms with Gasteiger partial charge in [0, 0.05) is 31.3 Å². The van der Waals surface area contributed by atoms with E-state index in [9.17, 15) is 19.5 Å². The van der Waals surface area contributed by atoms with Crippen molar-refractivity contribution in [3.63, 3.8) is 0 Å². The SMILES string of the molecule is CC(=O)N/C=C\SCC=C1C[C@@H]2CC(=O)N2C1C(=O)O. The highest BCUT2D eigenvalue weighted by molar-refractivity contribution is 8.02. The van der Waals surface area contributed by atoms with Crippen LogP contribution in [-0.2, 0) is 14.4 Å². The second-order valence-corrected chi connectivity index (χ2v) is 5.66. The Morgan fingerprint density at radius 2 is 2.25 bits per heavy atom. The van der Waals surface area contributed by atoms with Crippen LogP contribution in [0.25, 0.3) is 0 Å². The highest BCUT2D eigenvalue weighted by Crippen LogP contribution is 2.38. The lowest BCUT2D eigenvalue weighted by atomic mass is 10.0. The zero-order valence-corrected chi connectivity index (χ0v) is 11.9. The second kappa shape index (κ2) is 6.13. The van der Waals surface area contributed by atoms with Gasteiger partial charge in [-0.2, -0.15) is 0 Å². The number of amides is 2. The van der Waals surface area contributed by atoms with Crippen molar-refractivity contribution in [2.45, 2.75) is 31.8 Å². The Kier molecular flexibility index (Phi) is 4.49. The van der Waals surface area contributed by atoms with E-state index in [1.165, 1.54) is 23.6 Å². The molecule has 0 radical (unpaired) electrons. The van der Waals surface area contributed by atoms with Crippen molar-refractivity contribution in [2.75, 3.05) is 5.75 Å². The summed E-state index contributed by atoms with van der Waals surface area (Å²) in [6.45, 7) is 1.42. The number of nitrogens with one attached hydrogen (secondary N) is 1. The molecule has 0 aliphatic carbocycles. The van der Waals surface area contributed by atoms with Gasteiger partial charge in [0.2, 0.25) is 11.8 Å². The number of carbonyl (C=O) groups is 3. The van der Waals surface area contributed by atoms with Crippen LogP contribution in [-0.4, -0.2) is 45.6 Å². The number of carboxylic acids is 1. The first-order chi connectivity index (χ1) is 9.50. The summed E-state index contributed by atoms with van der Waals surface area (Å²) >= 11 is 1.45. The third-order valence-electron chi connectivity index (χ3n) is 3.32. The molecule has 2 heterocycles. The Balaban J connectivity index is 1.89. The normalized spacial score (nSPS) is 26.8. The smallest absolute Gasteiger partial charge is 0.330 e. The van der Waals surface area contributed by atoms with Gasteiger partial charge in [0.1, 0.15) is 0 Å². The van der Waals surface area contributed by atoms with Crippen molar-refractivity contribution in [1.82, 2.24) is 10.2 Å². The zero-order valence-electron chi connectivity index (χ0n) is 11.0. The number of carboxylic acid groups (broad SMARTS) is 1. The molecule has 2 rings (SSSR count). The van der Waals surface area contributed by atoms with Crippen molar-refractivity contribution < 1.29 is 19.5 Å². The van der Waals surface area contributed by atoms with E-state index in [1.807, 2.05) is 6.08 Å². The highest BCUT2D eigenvalue weighted by atomic mass is 32.2. The van der Waals surface area contributed by atoms with Crippen molar-refractivity contribution in [3.8, 4) is 0 Å². The largest absolute Gasteiger partial charge is 0.479 e. The molecule has 7 heteroatoms. The molecule has 0 aromatic rings. The summed E-state index contributed by atoms with van der Waals surface area (Å²) in [5.41, 5.74) is 0.800. The first-order valence-corrected chi connectivity index (χ1v) is 7.32.